The van der Waals surface area contributed by atoms with Gasteiger partial charge in [-0.25, -0.2) is 9.78 Å². The Morgan fingerprint density at radius 2 is 1.88 bits per heavy atom. The summed E-state index contributed by atoms with van der Waals surface area (Å²) in [5.74, 6) is -0.465. The van der Waals surface area contributed by atoms with Gasteiger partial charge >= 0.3 is 5.97 Å². The van der Waals surface area contributed by atoms with Crippen LogP contribution in [0.5, 0.6) is 5.75 Å². The van der Waals surface area contributed by atoms with Crippen LogP contribution in [0.3, 0.4) is 0 Å². The summed E-state index contributed by atoms with van der Waals surface area (Å²) in [6.45, 7) is 1.36. The lowest BCUT2D eigenvalue weighted by Gasteiger charge is -2.07. The minimum absolute atomic E-state index is 0.331. The second-order valence-electron chi connectivity index (χ2n) is 5.35. The van der Waals surface area contributed by atoms with Crippen molar-refractivity contribution >= 4 is 23.1 Å². The van der Waals surface area contributed by atoms with Gasteiger partial charge in [0.1, 0.15) is 15.6 Å². The van der Waals surface area contributed by atoms with Crippen LogP contribution < -0.4 is 4.74 Å². The van der Waals surface area contributed by atoms with E-state index >= 15 is 0 Å². The monoisotopic (exact) mass is 368 g/mol. The lowest BCUT2D eigenvalue weighted by atomic mass is 10.1. The second kappa shape index (κ2) is 7.88. The van der Waals surface area contributed by atoms with Crippen molar-refractivity contribution in [3.05, 3.63) is 64.8 Å². The molecule has 3 aromatic rings. The predicted molar refractivity (Wildman–Crippen MR) is 97.7 cm³/mol. The quantitative estimate of drug-likeness (QED) is 0.489. The van der Waals surface area contributed by atoms with Crippen LogP contribution in [0.1, 0.15) is 25.7 Å². The highest BCUT2D eigenvalue weighted by Crippen LogP contribution is 2.27. The van der Waals surface area contributed by atoms with Gasteiger partial charge in [-0.2, -0.15) is 0 Å². The van der Waals surface area contributed by atoms with Crippen LogP contribution in [0.15, 0.2) is 48.7 Å². The van der Waals surface area contributed by atoms with E-state index in [0.29, 0.717) is 32.6 Å². The minimum atomic E-state index is -0.578. The van der Waals surface area contributed by atoms with E-state index in [1.165, 1.54) is 18.4 Å². The van der Waals surface area contributed by atoms with Gasteiger partial charge in [-0.3, -0.25) is 9.78 Å². The number of esters is 1. The number of thiazole rings is 1. The fraction of sp³-hybridized carbons (Fsp3) is 0.158. The van der Waals surface area contributed by atoms with Crippen LogP contribution in [0.4, 0.5) is 0 Å². The van der Waals surface area contributed by atoms with E-state index in [0.717, 1.165) is 0 Å². The van der Waals surface area contributed by atoms with Gasteiger partial charge in [-0.05, 0) is 31.2 Å². The largest absolute Gasteiger partial charge is 0.496 e. The van der Waals surface area contributed by atoms with E-state index in [1.54, 1.807) is 37.4 Å². The highest BCUT2D eigenvalue weighted by molar-refractivity contribution is 7.17. The number of aromatic nitrogens is 2. The van der Waals surface area contributed by atoms with Crippen LogP contribution in [0, 0.1) is 6.92 Å². The molecular weight excluding hydrogens is 352 g/mol. The molecule has 0 radical (unpaired) electrons. The van der Waals surface area contributed by atoms with Crippen LogP contribution >= 0.6 is 11.3 Å². The third kappa shape index (κ3) is 3.78. The van der Waals surface area contributed by atoms with Crippen molar-refractivity contribution < 1.29 is 19.1 Å². The molecule has 1 aromatic carbocycles. The van der Waals surface area contributed by atoms with E-state index in [9.17, 15) is 9.59 Å². The molecule has 0 saturated carbocycles. The van der Waals surface area contributed by atoms with E-state index in [1.807, 2.05) is 18.2 Å². The van der Waals surface area contributed by atoms with Crippen molar-refractivity contribution in [2.45, 2.75) is 6.92 Å². The third-order valence-corrected chi connectivity index (χ3v) is 4.77. The minimum Gasteiger partial charge on any atom is -0.496 e. The number of benzene rings is 1. The van der Waals surface area contributed by atoms with E-state index in [-0.39, 0.29) is 12.4 Å². The number of para-hydroxylation sites is 1. The molecule has 2 aromatic heterocycles. The molecule has 0 amide bonds. The van der Waals surface area contributed by atoms with Crippen molar-refractivity contribution in [3.8, 4) is 16.5 Å². The van der Waals surface area contributed by atoms with Gasteiger partial charge < -0.3 is 9.47 Å². The molecule has 7 heteroatoms. The van der Waals surface area contributed by atoms with Gasteiger partial charge in [0.05, 0.1) is 24.1 Å². The van der Waals surface area contributed by atoms with Crippen LogP contribution in [-0.4, -0.2) is 35.4 Å². The molecule has 132 valence electrons. The van der Waals surface area contributed by atoms with E-state index < -0.39 is 5.97 Å². The van der Waals surface area contributed by atoms with Crippen molar-refractivity contribution in [1.29, 1.82) is 0 Å². The number of ketones is 1. The first-order valence-corrected chi connectivity index (χ1v) is 8.64. The van der Waals surface area contributed by atoms with E-state index in [4.69, 9.17) is 9.47 Å². The van der Waals surface area contributed by atoms with Gasteiger partial charge in [-0.15, -0.1) is 11.3 Å². The lowest BCUT2D eigenvalue weighted by Crippen LogP contribution is -2.14. The van der Waals surface area contributed by atoms with Gasteiger partial charge in [0.2, 0.25) is 5.78 Å². The summed E-state index contributed by atoms with van der Waals surface area (Å²) in [4.78, 5) is 33.6. The Morgan fingerprint density at radius 1 is 1.12 bits per heavy atom. The number of rotatable bonds is 6. The Labute approximate surface area is 154 Å². The normalized spacial score (nSPS) is 10.4. The average molecular weight is 368 g/mol. The number of aryl methyl sites for hydroxylation is 1. The maximum absolute atomic E-state index is 12.3. The predicted octanol–water partition coefficient (Wildman–Crippen LogP) is 3.56. The fourth-order valence-corrected chi connectivity index (χ4v) is 3.27. The van der Waals surface area contributed by atoms with Crippen LogP contribution in [0.2, 0.25) is 0 Å². The highest BCUT2D eigenvalue weighted by Gasteiger charge is 2.20. The maximum Gasteiger partial charge on any atom is 0.350 e. The smallest absolute Gasteiger partial charge is 0.350 e. The number of nitrogens with zero attached hydrogens (tertiary/aromatic N) is 2. The molecule has 0 aliphatic rings. The molecule has 3 rings (SSSR count). The number of hydrogen-bond acceptors (Lipinski definition) is 7. The Bertz CT molecular complexity index is 938. The number of carbonyl (C=O) groups excluding carboxylic acids is 2. The maximum atomic E-state index is 12.3. The molecule has 0 atom stereocenters. The molecule has 6 nitrogen and oxygen atoms in total. The summed E-state index contributed by atoms with van der Waals surface area (Å²) in [6.07, 6.45) is 1.66. The standard InChI is InChI=1S/C19H16N2O4S/c1-12-17(26-18(21-12)14-8-5-6-10-20-14)19(23)25-11-15(22)13-7-3-4-9-16(13)24-2/h3-10H,11H2,1-2H3. The van der Waals surface area contributed by atoms with Gasteiger partial charge in [0.15, 0.2) is 6.61 Å². The zero-order valence-electron chi connectivity index (χ0n) is 14.3. The SMILES string of the molecule is COc1ccccc1C(=O)COC(=O)c1sc(-c2ccccn2)nc1C. The molecule has 2 heterocycles. The Morgan fingerprint density at radius 3 is 2.62 bits per heavy atom. The molecule has 0 aliphatic carbocycles. The van der Waals surface area contributed by atoms with Gasteiger partial charge in [-0.1, -0.05) is 18.2 Å². The molecule has 0 N–H and O–H groups in total. The van der Waals surface area contributed by atoms with Gasteiger partial charge in [0, 0.05) is 6.20 Å². The molecule has 26 heavy (non-hydrogen) atoms. The van der Waals surface area contributed by atoms with Crippen molar-refractivity contribution in [1.82, 2.24) is 9.97 Å². The zero-order valence-corrected chi connectivity index (χ0v) is 15.1. The number of ether oxygens (including phenoxy) is 2. The summed E-state index contributed by atoms with van der Waals surface area (Å²) in [7, 11) is 1.48. The fourth-order valence-electron chi connectivity index (χ4n) is 2.33. The van der Waals surface area contributed by atoms with Crippen molar-refractivity contribution in [2.24, 2.45) is 0 Å². The van der Waals surface area contributed by atoms with Crippen molar-refractivity contribution in [2.75, 3.05) is 13.7 Å². The first-order valence-electron chi connectivity index (χ1n) is 7.82. The number of hydrogen-bond donors (Lipinski definition) is 0. The summed E-state index contributed by atoms with van der Waals surface area (Å²) in [5, 5.41) is 0.631. The number of carbonyl (C=O) groups is 2. The number of pyridine rings is 1. The zero-order chi connectivity index (χ0) is 18.5. The molecule has 0 bridgehead atoms. The molecular formula is C19H16N2O4S. The van der Waals surface area contributed by atoms with E-state index in [2.05, 4.69) is 9.97 Å². The number of Topliss-reactive ketones (excluding diaryl/α,β-unsaturated/α-hetero) is 1. The van der Waals surface area contributed by atoms with Crippen molar-refractivity contribution in [3.63, 3.8) is 0 Å². The first-order chi connectivity index (χ1) is 12.6. The summed E-state index contributed by atoms with van der Waals surface area (Å²) in [6, 6.07) is 12.3. The number of methoxy groups -OCH3 is 1. The molecule has 0 aliphatic heterocycles. The molecule has 0 spiro atoms. The average Bonchev–Trinajstić information content (AvgIpc) is 3.08. The summed E-state index contributed by atoms with van der Waals surface area (Å²) in [5.41, 5.74) is 1.60. The Kier molecular flexibility index (Phi) is 5.38. The summed E-state index contributed by atoms with van der Waals surface area (Å²) < 4.78 is 10.3. The first kappa shape index (κ1) is 17.8. The highest BCUT2D eigenvalue weighted by atomic mass is 32.1. The molecule has 0 unspecified atom stereocenters. The third-order valence-electron chi connectivity index (χ3n) is 3.61. The van der Waals surface area contributed by atoms with Crippen LogP contribution in [-0.2, 0) is 4.74 Å². The second-order valence-corrected chi connectivity index (χ2v) is 6.35. The molecule has 0 saturated heterocycles. The molecule has 0 fully saturated rings. The lowest BCUT2D eigenvalue weighted by molar-refractivity contribution is 0.0478. The Hall–Kier alpha value is -3.06. The van der Waals surface area contributed by atoms with Crippen LogP contribution in [0.25, 0.3) is 10.7 Å². The topological polar surface area (TPSA) is 78.4 Å². The Balaban J connectivity index is 1.71. The summed E-state index contributed by atoms with van der Waals surface area (Å²) >= 11 is 1.19. The van der Waals surface area contributed by atoms with Gasteiger partial charge in [0.25, 0.3) is 0 Å².